The van der Waals surface area contributed by atoms with Crippen LogP contribution in [0.3, 0.4) is 0 Å². The van der Waals surface area contributed by atoms with Crippen molar-refractivity contribution >= 4 is 23.2 Å². The first-order chi connectivity index (χ1) is 9.00. The fraction of sp³-hybridized carbons (Fsp3) is 0.571. The van der Waals surface area contributed by atoms with Crippen molar-refractivity contribution in [2.75, 3.05) is 12.8 Å². The Balaban J connectivity index is 2.20. The van der Waals surface area contributed by atoms with Crippen LogP contribution in [0.5, 0.6) is 0 Å². The highest BCUT2D eigenvalue weighted by atomic mass is 35.5. The molecule has 0 bridgehead atoms. The lowest BCUT2D eigenvalue weighted by molar-refractivity contribution is 0.0629. The molecule has 0 radical (unpaired) electrons. The number of nitrogen functional groups attached to an aromatic ring is 1. The van der Waals surface area contributed by atoms with E-state index in [2.05, 4.69) is 11.9 Å². The SMILES string of the molecule is CC1CCCCC1N(C)C(=O)c1cc(N)cnc1Cl. The van der Waals surface area contributed by atoms with E-state index in [-0.39, 0.29) is 17.1 Å². The van der Waals surface area contributed by atoms with Gasteiger partial charge in [-0.25, -0.2) is 4.98 Å². The van der Waals surface area contributed by atoms with Crippen LogP contribution >= 0.6 is 11.6 Å². The van der Waals surface area contributed by atoms with Gasteiger partial charge in [0.1, 0.15) is 5.15 Å². The average Bonchev–Trinajstić information content (AvgIpc) is 2.40. The van der Waals surface area contributed by atoms with Crippen molar-refractivity contribution in [1.29, 1.82) is 0 Å². The second-order valence-corrected chi connectivity index (χ2v) is 5.71. The molecule has 1 heterocycles. The standard InChI is InChI=1S/C14H20ClN3O/c1-9-5-3-4-6-12(9)18(2)14(19)11-7-10(16)8-17-13(11)15/h7-9,12H,3-6,16H2,1-2H3. The van der Waals surface area contributed by atoms with Crippen LogP contribution in [-0.4, -0.2) is 28.9 Å². The lowest BCUT2D eigenvalue weighted by Crippen LogP contribution is -2.42. The van der Waals surface area contributed by atoms with E-state index >= 15 is 0 Å². The fourth-order valence-electron chi connectivity index (χ4n) is 2.83. The number of pyridine rings is 1. The number of carbonyl (C=O) groups excluding carboxylic acids is 1. The first-order valence-electron chi connectivity index (χ1n) is 6.69. The number of rotatable bonds is 2. The Kier molecular flexibility index (Phi) is 4.30. The maximum atomic E-state index is 12.5. The smallest absolute Gasteiger partial charge is 0.257 e. The Bertz CT molecular complexity index is 478. The van der Waals surface area contributed by atoms with Gasteiger partial charge in [0, 0.05) is 13.1 Å². The molecule has 2 atom stereocenters. The minimum absolute atomic E-state index is 0.0939. The summed E-state index contributed by atoms with van der Waals surface area (Å²) in [6.45, 7) is 2.20. The largest absolute Gasteiger partial charge is 0.397 e. The molecule has 2 unspecified atom stereocenters. The van der Waals surface area contributed by atoms with E-state index in [1.807, 2.05) is 7.05 Å². The summed E-state index contributed by atoms with van der Waals surface area (Å²) in [6, 6.07) is 1.88. The number of aromatic nitrogens is 1. The van der Waals surface area contributed by atoms with Crippen LogP contribution in [-0.2, 0) is 0 Å². The summed E-state index contributed by atoms with van der Waals surface area (Å²) in [4.78, 5) is 18.2. The monoisotopic (exact) mass is 281 g/mol. The van der Waals surface area contributed by atoms with E-state index < -0.39 is 0 Å². The lowest BCUT2D eigenvalue weighted by atomic mass is 9.85. The summed E-state index contributed by atoms with van der Waals surface area (Å²) < 4.78 is 0. The molecular formula is C14H20ClN3O. The van der Waals surface area contributed by atoms with Crippen molar-refractivity contribution in [3.05, 3.63) is 23.0 Å². The molecule has 2 rings (SSSR count). The molecule has 4 nitrogen and oxygen atoms in total. The van der Waals surface area contributed by atoms with E-state index in [9.17, 15) is 4.79 Å². The molecule has 104 valence electrons. The summed E-state index contributed by atoms with van der Waals surface area (Å²) in [6.07, 6.45) is 6.11. The number of nitrogens with zero attached hydrogens (tertiary/aromatic N) is 2. The quantitative estimate of drug-likeness (QED) is 0.848. The van der Waals surface area contributed by atoms with Gasteiger partial charge in [0.15, 0.2) is 0 Å². The summed E-state index contributed by atoms with van der Waals surface area (Å²) in [5.74, 6) is 0.430. The normalized spacial score (nSPS) is 23.1. The van der Waals surface area contributed by atoms with Crippen molar-refractivity contribution in [1.82, 2.24) is 9.88 Å². The maximum Gasteiger partial charge on any atom is 0.257 e. The number of anilines is 1. The second-order valence-electron chi connectivity index (χ2n) is 5.35. The predicted octanol–water partition coefficient (Wildman–Crippen LogP) is 2.97. The van der Waals surface area contributed by atoms with Gasteiger partial charge in [0.05, 0.1) is 17.4 Å². The van der Waals surface area contributed by atoms with Crippen LogP contribution in [0, 0.1) is 5.92 Å². The van der Waals surface area contributed by atoms with Gasteiger partial charge in [-0.15, -0.1) is 0 Å². The van der Waals surface area contributed by atoms with Crippen LogP contribution in [0.1, 0.15) is 43.0 Å². The van der Waals surface area contributed by atoms with Crippen molar-refractivity contribution in [3.8, 4) is 0 Å². The topological polar surface area (TPSA) is 59.2 Å². The molecule has 1 saturated carbocycles. The van der Waals surface area contributed by atoms with Gasteiger partial charge >= 0.3 is 0 Å². The van der Waals surface area contributed by atoms with Crippen LogP contribution < -0.4 is 5.73 Å². The molecule has 0 aliphatic heterocycles. The number of nitrogens with two attached hydrogens (primary N) is 1. The van der Waals surface area contributed by atoms with E-state index in [1.54, 1.807) is 11.0 Å². The molecule has 1 aliphatic carbocycles. The number of halogens is 1. The molecule has 1 fully saturated rings. The molecule has 5 heteroatoms. The summed E-state index contributed by atoms with van der Waals surface area (Å²) >= 11 is 6.00. The Morgan fingerprint density at radius 3 is 2.84 bits per heavy atom. The minimum Gasteiger partial charge on any atom is -0.397 e. The zero-order chi connectivity index (χ0) is 14.0. The first-order valence-corrected chi connectivity index (χ1v) is 7.06. The van der Waals surface area contributed by atoms with Crippen molar-refractivity contribution in [3.63, 3.8) is 0 Å². The molecule has 1 aromatic rings. The molecule has 1 amide bonds. The fourth-order valence-corrected chi connectivity index (χ4v) is 3.01. The molecule has 0 aromatic carbocycles. The van der Waals surface area contributed by atoms with Gasteiger partial charge < -0.3 is 10.6 Å². The molecule has 1 aliphatic rings. The Hall–Kier alpha value is -1.29. The highest BCUT2D eigenvalue weighted by Crippen LogP contribution is 2.29. The molecule has 19 heavy (non-hydrogen) atoms. The Morgan fingerprint density at radius 1 is 1.47 bits per heavy atom. The third-order valence-corrected chi connectivity index (χ3v) is 4.28. The summed E-state index contributed by atoms with van der Waals surface area (Å²) in [5.41, 5.74) is 6.53. The number of hydrogen-bond acceptors (Lipinski definition) is 3. The Labute approximate surface area is 118 Å². The highest BCUT2D eigenvalue weighted by molar-refractivity contribution is 6.32. The van der Waals surface area contributed by atoms with Gasteiger partial charge in [-0.3, -0.25) is 4.79 Å². The molecule has 2 N–H and O–H groups in total. The van der Waals surface area contributed by atoms with Gasteiger partial charge in [-0.2, -0.15) is 0 Å². The van der Waals surface area contributed by atoms with Gasteiger partial charge in [-0.05, 0) is 24.8 Å². The lowest BCUT2D eigenvalue weighted by Gasteiger charge is -2.36. The van der Waals surface area contributed by atoms with E-state index in [0.29, 0.717) is 17.2 Å². The van der Waals surface area contributed by atoms with Gasteiger partial charge in [0.25, 0.3) is 5.91 Å². The van der Waals surface area contributed by atoms with E-state index in [1.165, 1.54) is 25.5 Å². The summed E-state index contributed by atoms with van der Waals surface area (Å²) in [5, 5.41) is 0.217. The van der Waals surface area contributed by atoms with Crippen LogP contribution in [0.4, 0.5) is 5.69 Å². The molecule has 0 saturated heterocycles. The number of carbonyl (C=O) groups is 1. The van der Waals surface area contributed by atoms with E-state index in [4.69, 9.17) is 17.3 Å². The second kappa shape index (κ2) is 5.78. The highest BCUT2D eigenvalue weighted by Gasteiger charge is 2.29. The number of amides is 1. The molecule has 1 aromatic heterocycles. The average molecular weight is 282 g/mol. The number of hydrogen-bond donors (Lipinski definition) is 1. The zero-order valence-electron chi connectivity index (χ0n) is 11.4. The molecular weight excluding hydrogens is 262 g/mol. The summed E-state index contributed by atoms with van der Waals surface area (Å²) in [7, 11) is 1.84. The van der Waals surface area contributed by atoms with Gasteiger partial charge in [0.2, 0.25) is 0 Å². The maximum absolute atomic E-state index is 12.5. The van der Waals surface area contributed by atoms with Crippen molar-refractivity contribution in [2.45, 2.75) is 38.6 Å². The van der Waals surface area contributed by atoms with Crippen LogP contribution in [0.25, 0.3) is 0 Å². The first kappa shape index (κ1) is 14.1. The van der Waals surface area contributed by atoms with Crippen LogP contribution in [0.15, 0.2) is 12.3 Å². The minimum atomic E-state index is -0.0939. The van der Waals surface area contributed by atoms with Gasteiger partial charge in [-0.1, -0.05) is 31.4 Å². The van der Waals surface area contributed by atoms with Crippen molar-refractivity contribution in [2.24, 2.45) is 5.92 Å². The molecule has 0 spiro atoms. The Morgan fingerprint density at radius 2 is 2.16 bits per heavy atom. The third kappa shape index (κ3) is 3.00. The van der Waals surface area contributed by atoms with Crippen molar-refractivity contribution < 1.29 is 4.79 Å². The third-order valence-electron chi connectivity index (χ3n) is 3.97. The predicted molar refractivity (Wildman–Crippen MR) is 77.2 cm³/mol. The van der Waals surface area contributed by atoms with Crippen LogP contribution in [0.2, 0.25) is 5.15 Å². The zero-order valence-corrected chi connectivity index (χ0v) is 12.2. The van der Waals surface area contributed by atoms with E-state index in [0.717, 1.165) is 6.42 Å².